The zero-order valence-corrected chi connectivity index (χ0v) is 13.0. The van der Waals surface area contributed by atoms with Gasteiger partial charge in [-0.2, -0.15) is 0 Å². The molecule has 1 aliphatic carbocycles. The molecular weight excluding hydrogens is 256 g/mol. The highest BCUT2D eigenvalue weighted by Crippen LogP contribution is 2.28. The van der Waals surface area contributed by atoms with Crippen LogP contribution in [0.4, 0.5) is 0 Å². The highest BCUT2D eigenvalue weighted by molar-refractivity contribution is 5.78. The molecule has 1 aliphatic rings. The molecule has 1 fully saturated rings. The van der Waals surface area contributed by atoms with Gasteiger partial charge in [0.2, 0.25) is 0 Å². The lowest BCUT2D eigenvalue weighted by atomic mass is 9.84. The Morgan fingerprint density at radius 3 is 2.71 bits per heavy atom. The minimum absolute atomic E-state index is 0.557. The Morgan fingerprint density at radius 2 is 1.90 bits per heavy atom. The van der Waals surface area contributed by atoms with E-state index in [9.17, 15) is 0 Å². The molecule has 0 bridgehead atoms. The molecule has 3 rings (SSSR count). The second-order valence-electron chi connectivity index (χ2n) is 6.42. The number of nitrogens with one attached hydrogen (secondary N) is 1. The third kappa shape index (κ3) is 3.82. The van der Waals surface area contributed by atoms with Crippen molar-refractivity contribution in [3.63, 3.8) is 0 Å². The molecule has 1 atom stereocenters. The van der Waals surface area contributed by atoms with Crippen LogP contribution < -0.4 is 5.32 Å². The molecule has 2 aromatic rings. The summed E-state index contributed by atoms with van der Waals surface area (Å²) in [6, 6.07) is 13.3. The fraction of sp³-hybridized carbons (Fsp3) is 0.526. The lowest BCUT2D eigenvalue weighted by Gasteiger charge is -2.26. The minimum Gasteiger partial charge on any atom is -0.317 e. The lowest BCUT2D eigenvalue weighted by molar-refractivity contribution is 0.302. The Labute approximate surface area is 128 Å². The van der Waals surface area contributed by atoms with Crippen molar-refractivity contribution >= 4 is 10.9 Å². The molecule has 112 valence electrons. The van der Waals surface area contributed by atoms with Crippen molar-refractivity contribution in [2.45, 2.75) is 51.0 Å². The predicted molar refractivity (Wildman–Crippen MR) is 89.5 cm³/mol. The molecule has 0 radical (unpaired) electrons. The number of rotatable bonds is 5. The van der Waals surface area contributed by atoms with Gasteiger partial charge in [0.25, 0.3) is 0 Å². The first kappa shape index (κ1) is 14.5. The van der Waals surface area contributed by atoms with Crippen LogP contribution in [0.2, 0.25) is 0 Å². The second kappa shape index (κ2) is 7.04. The van der Waals surface area contributed by atoms with Gasteiger partial charge in [0, 0.05) is 23.5 Å². The predicted octanol–water partition coefficient (Wildman–Crippen LogP) is 4.34. The van der Waals surface area contributed by atoms with Crippen molar-refractivity contribution in [1.29, 1.82) is 0 Å². The van der Waals surface area contributed by atoms with E-state index in [2.05, 4.69) is 48.8 Å². The molecular formula is C19H26N2. The first-order valence-corrected chi connectivity index (χ1v) is 8.37. The molecule has 1 N–H and O–H groups in total. The molecule has 0 saturated heterocycles. The maximum Gasteiger partial charge on any atom is 0.0705 e. The van der Waals surface area contributed by atoms with Crippen LogP contribution in [0.1, 0.15) is 44.2 Å². The van der Waals surface area contributed by atoms with Crippen molar-refractivity contribution in [2.24, 2.45) is 5.92 Å². The van der Waals surface area contributed by atoms with E-state index in [1.54, 1.807) is 0 Å². The monoisotopic (exact) mass is 282 g/mol. The number of aromatic nitrogens is 1. The number of fused-ring (bicyclic) bond motifs is 1. The largest absolute Gasteiger partial charge is 0.317 e. The van der Waals surface area contributed by atoms with Crippen LogP contribution in [-0.2, 0) is 6.42 Å². The summed E-state index contributed by atoms with van der Waals surface area (Å²) < 4.78 is 0. The summed E-state index contributed by atoms with van der Waals surface area (Å²) in [4.78, 5) is 4.82. The van der Waals surface area contributed by atoms with E-state index in [1.807, 2.05) is 0 Å². The van der Waals surface area contributed by atoms with Crippen LogP contribution in [-0.4, -0.2) is 18.1 Å². The van der Waals surface area contributed by atoms with Crippen molar-refractivity contribution in [3.05, 3.63) is 42.1 Å². The van der Waals surface area contributed by atoms with E-state index in [0.29, 0.717) is 6.04 Å². The van der Waals surface area contributed by atoms with E-state index in [0.717, 1.165) is 17.9 Å². The fourth-order valence-electron chi connectivity index (χ4n) is 3.60. The third-order valence-electron chi connectivity index (χ3n) is 4.86. The van der Waals surface area contributed by atoms with Gasteiger partial charge in [-0.1, -0.05) is 56.4 Å². The summed E-state index contributed by atoms with van der Waals surface area (Å²) in [6.07, 6.45) is 9.47. The third-order valence-corrected chi connectivity index (χ3v) is 4.86. The maximum absolute atomic E-state index is 4.82. The number of hydrogen-bond donors (Lipinski definition) is 1. The molecule has 21 heavy (non-hydrogen) atoms. The van der Waals surface area contributed by atoms with Crippen LogP contribution >= 0.6 is 0 Å². The summed E-state index contributed by atoms with van der Waals surface area (Å²) in [5.41, 5.74) is 2.33. The first-order valence-electron chi connectivity index (χ1n) is 8.37. The summed E-state index contributed by atoms with van der Waals surface area (Å²) in [6.45, 7) is 0. The number of hydrogen-bond acceptors (Lipinski definition) is 2. The van der Waals surface area contributed by atoms with Crippen molar-refractivity contribution in [2.75, 3.05) is 7.05 Å². The summed E-state index contributed by atoms with van der Waals surface area (Å²) in [7, 11) is 2.09. The Bertz CT molecular complexity index is 573. The van der Waals surface area contributed by atoms with Gasteiger partial charge < -0.3 is 5.32 Å². The first-order chi connectivity index (χ1) is 10.3. The Balaban J connectivity index is 1.66. The SMILES string of the molecule is CNC(Cc1ccc2ccccc2n1)CC1CCCCC1. The Kier molecular flexibility index (Phi) is 4.87. The second-order valence-corrected chi connectivity index (χ2v) is 6.42. The van der Waals surface area contributed by atoms with Crippen molar-refractivity contribution in [3.8, 4) is 0 Å². The van der Waals surface area contributed by atoms with E-state index < -0.39 is 0 Å². The Morgan fingerprint density at radius 1 is 1.10 bits per heavy atom. The van der Waals surface area contributed by atoms with Gasteiger partial charge >= 0.3 is 0 Å². The highest BCUT2D eigenvalue weighted by Gasteiger charge is 2.18. The average Bonchev–Trinajstić information content (AvgIpc) is 2.55. The topological polar surface area (TPSA) is 24.9 Å². The molecule has 2 heteroatoms. The standard InChI is InChI=1S/C19H26N2/c1-20-18(13-15-7-3-2-4-8-15)14-17-12-11-16-9-5-6-10-19(16)21-17/h5-6,9-12,15,18,20H,2-4,7-8,13-14H2,1H3. The van der Waals surface area contributed by atoms with E-state index in [-0.39, 0.29) is 0 Å². The molecule has 0 amide bonds. The molecule has 1 aromatic carbocycles. The number of likely N-dealkylation sites (N-methyl/N-ethyl adjacent to an activating group) is 1. The van der Waals surface area contributed by atoms with Gasteiger partial charge in [0.15, 0.2) is 0 Å². The molecule has 0 spiro atoms. The van der Waals surface area contributed by atoms with Crippen molar-refractivity contribution in [1.82, 2.24) is 10.3 Å². The van der Waals surface area contributed by atoms with Crippen LogP contribution in [0.15, 0.2) is 36.4 Å². The van der Waals surface area contributed by atoms with E-state index in [1.165, 1.54) is 49.6 Å². The zero-order valence-electron chi connectivity index (χ0n) is 13.0. The molecule has 1 heterocycles. The normalized spacial score (nSPS) is 18.0. The molecule has 1 saturated carbocycles. The summed E-state index contributed by atoms with van der Waals surface area (Å²) in [5, 5.41) is 4.74. The summed E-state index contributed by atoms with van der Waals surface area (Å²) in [5.74, 6) is 0.914. The highest BCUT2D eigenvalue weighted by atomic mass is 14.9. The number of benzene rings is 1. The molecule has 1 aromatic heterocycles. The van der Waals surface area contributed by atoms with Gasteiger partial charge in [0.05, 0.1) is 5.52 Å². The number of pyridine rings is 1. The van der Waals surface area contributed by atoms with Crippen LogP contribution in [0.3, 0.4) is 0 Å². The lowest BCUT2D eigenvalue weighted by Crippen LogP contribution is -2.31. The summed E-state index contributed by atoms with van der Waals surface area (Å²) >= 11 is 0. The van der Waals surface area contributed by atoms with Crippen LogP contribution in [0.5, 0.6) is 0 Å². The van der Waals surface area contributed by atoms with E-state index >= 15 is 0 Å². The van der Waals surface area contributed by atoms with Gasteiger partial charge in [-0.05, 0) is 31.5 Å². The van der Waals surface area contributed by atoms with Gasteiger partial charge in [-0.3, -0.25) is 4.98 Å². The smallest absolute Gasteiger partial charge is 0.0705 e. The Hall–Kier alpha value is -1.41. The molecule has 1 unspecified atom stereocenters. The van der Waals surface area contributed by atoms with Crippen molar-refractivity contribution < 1.29 is 0 Å². The average molecular weight is 282 g/mol. The number of para-hydroxylation sites is 1. The van der Waals surface area contributed by atoms with Gasteiger partial charge in [0.1, 0.15) is 0 Å². The van der Waals surface area contributed by atoms with Crippen LogP contribution in [0.25, 0.3) is 10.9 Å². The van der Waals surface area contributed by atoms with E-state index in [4.69, 9.17) is 4.98 Å². The minimum atomic E-state index is 0.557. The molecule has 2 nitrogen and oxygen atoms in total. The zero-order chi connectivity index (χ0) is 14.5. The maximum atomic E-state index is 4.82. The van der Waals surface area contributed by atoms with Gasteiger partial charge in [-0.25, -0.2) is 0 Å². The fourth-order valence-corrected chi connectivity index (χ4v) is 3.60. The van der Waals surface area contributed by atoms with Crippen LogP contribution in [0, 0.1) is 5.92 Å². The molecule has 0 aliphatic heterocycles. The van der Waals surface area contributed by atoms with Gasteiger partial charge in [-0.15, -0.1) is 0 Å². The number of nitrogens with zero attached hydrogens (tertiary/aromatic N) is 1. The quantitative estimate of drug-likeness (QED) is 0.882.